The van der Waals surface area contributed by atoms with Crippen molar-refractivity contribution in [3.8, 4) is 0 Å². The molecule has 2 heterocycles. The predicted octanol–water partition coefficient (Wildman–Crippen LogP) is -5.28. The van der Waals surface area contributed by atoms with E-state index < -0.39 is 82.4 Å². The molecule has 2 aliphatic rings. The molecule has 9 N–H and O–H groups in total. The zero-order valence-corrected chi connectivity index (χ0v) is 14.6. The summed E-state index contributed by atoms with van der Waals surface area (Å²) in [7, 11) is -4.89. The molecule has 2 saturated heterocycles. The van der Waals surface area contributed by atoms with Gasteiger partial charge in [-0.1, -0.05) is 0 Å². The van der Waals surface area contributed by atoms with Crippen molar-refractivity contribution >= 4 is 7.82 Å². The van der Waals surface area contributed by atoms with E-state index in [0.717, 1.165) is 0 Å². The van der Waals surface area contributed by atoms with Crippen LogP contribution in [0.4, 0.5) is 0 Å². The fourth-order valence-corrected chi connectivity index (χ4v) is 2.96. The number of aliphatic hydroxyl groups excluding tert-OH is 7. The van der Waals surface area contributed by atoms with Gasteiger partial charge in [0.15, 0.2) is 12.6 Å². The lowest BCUT2D eigenvalue weighted by Crippen LogP contribution is -2.61. The van der Waals surface area contributed by atoms with Crippen LogP contribution in [0.15, 0.2) is 0 Å². The first-order valence-corrected chi connectivity index (χ1v) is 9.34. The quantitative estimate of drug-likeness (QED) is 0.182. The number of ether oxygens (including phenoxy) is 3. The highest BCUT2D eigenvalue weighted by Crippen LogP contribution is 2.37. The summed E-state index contributed by atoms with van der Waals surface area (Å²) in [6.45, 7) is -1.42. The van der Waals surface area contributed by atoms with E-state index in [-0.39, 0.29) is 0 Å². The van der Waals surface area contributed by atoms with Crippen LogP contribution >= 0.6 is 7.82 Å². The third kappa shape index (κ3) is 5.62. The van der Waals surface area contributed by atoms with Gasteiger partial charge in [-0.2, -0.15) is 0 Å². The van der Waals surface area contributed by atoms with Crippen LogP contribution in [-0.4, -0.2) is 120 Å². The molecule has 0 unspecified atom stereocenters. The smallest absolute Gasteiger partial charge is 0.387 e. The summed E-state index contributed by atoms with van der Waals surface area (Å²) in [4.78, 5) is 17.4. The first-order valence-electron chi connectivity index (χ1n) is 7.81. The Labute approximate surface area is 152 Å². The van der Waals surface area contributed by atoms with Crippen LogP contribution in [0.2, 0.25) is 0 Å². The van der Waals surface area contributed by atoms with Crippen molar-refractivity contribution in [2.45, 2.75) is 61.4 Å². The van der Waals surface area contributed by atoms with Gasteiger partial charge in [-0.25, -0.2) is 4.57 Å². The van der Waals surface area contributed by atoms with Crippen LogP contribution in [0.5, 0.6) is 0 Å². The van der Waals surface area contributed by atoms with Crippen LogP contribution in [0.25, 0.3) is 0 Å². The molecule has 0 aromatic rings. The lowest BCUT2D eigenvalue weighted by molar-refractivity contribution is -0.325. The number of aliphatic hydroxyl groups is 7. The van der Waals surface area contributed by atoms with Crippen molar-refractivity contribution in [3.63, 3.8) is 0 Å². The zero-order valence-electron chi connectivity index (χ0n) is 13.7. The first-order chi connectivity index (χ1) is 12.4. The van der Waals surface area contributed by atoms with E-state index in [1.165, 1.54) is 0 Å². The van der Waals surface area contributed by atoms with Gasteiger partial charge in [-0.3, -0.25) is 4.52 Å². The van der Waals surface area contributed by atoms with Gasteiger partial charge in [0.25, 0.3) is 0 Å². The maximum absolute atomic E-state index is 10.7. The second-order valence-electron chi connectivity index (χ2n) is 6.17. The molecule has 2 rings (SSSR count). The van der Waals surface area contributed by atoms with E-state index in [2.05, 4.69) is 4.52 Å². The molecule has 160 valence electrons. The fourth-order valence-electron chi connectivity index (χ4n) is 2.62. The molecular weight excluding hydrogens is 399 g/mol. The Hall–Kier alpha value is -0.290. The lowest BCUT2D eigenvalue weighted by Gasteiger charge is -2.42. The molecule has 27 heavy (non-hydrogen) atoms. The highest BCUT2D eigenvalue weighted by atomic mass is 31.2. The Kier molecular flexibility index (Phi) is 7.68. The minimum absolute atomic E-state index is 0.585. The summed E-state index contributed by atoms with van der Waals surface area (Å²) in [5, 5.41) is 67.8. The maximum Gasteiger partial charge on any atom is 0.469 e. The van der Waals surface area contributed by atoms with Gasteiger partial charge in [0.2, 0.25) is 0 Å². The monoisotopic (exact) mass is 422 g/mol. The molecular formula is C12H23O14P. The van der Waals surface area contributed by atoms with Gasteiger partial charge >= 0.3 is 7.82 Å². The molecule has 0 radical (unpaired) electrons. The van der Waals surface area contributed by atoms with E-state index in [0.29, 0.717) is 0 Å². The number of hydrogen-bond acceptors (Lipinski definition) is 12. The molecule has 0 aliphatic carbocycles. The van der Waals surface area contributed by atoms with Crippen LogP contribution in [0.1, 0.15) is 0 Å². The third-order valence-corrected chi connectivity index (χ3v) is 4.67. The Morgan fingerprint density at radius 3 is 1.78 bits per heavy atom. The van der Waals surface area contributed by atoms with Crippen molar-refractivity contribution in [3.05, 3.63) is 0 Å². The molecule has 0 amide bonds. The average Bonchev–Trinajstić information content (AvgIpc) is 2.59. The fraction of sp³-hybridized carbons (Fsp3) is 1.00. The van der Waals surface area contributed by atoms with Gasteiger partial charge in [-0.15, -0.1) is 0 Å². The summed E-state index contributed by atoms with van der Waals surface area (Å²) in [5.74, 6) is 0. The van der Waals surface area contributed by atoms with Gasteiger partial charge < -0.3 is 59.7 Å². The Morgan fingerprint density at radius 2 is 1.22 bits per heavy atom. The van der Waals surface area contributed by atoms with Crippen molar-refractivity contribution in [2.24, 2.45) is 0 Å². The summed E-state index contributed by atoms with van der Waals surface area (Å²) >= 11 is 0. The molecule has 0 spiro atoms. The molecule has 2 fully saturated rings. The Morgan fingerprint density at radius 1 is 0.704 bits per heavy atom. The van der Waals surface area contributed by atoms with Crippen molar-refractivity contribution in [2.75, 3.05) is 13.2 Å². The van der Waals surface area contributed by atoms with Gasteiger partial charge in [0, 0.05) is 0 Å². The van der Waals surface area contributed by atoms with E-state index in [1.807, 2.05) is 0 Å². The van der Waals surface area contributed by atoms with Crippen molar-refractivity contribution < 1.29 is 68.8 Å². The number of hydrogen-bond donors (Lipinski definition) is 9. The minimum atomic E-state index is -4.89. The minimum Gasteiger partial charge on any atom is -0.387 e. The number of rotatable bonds is 6. The normalized spacial score (nSPS) is 46.4. The average molecular weight is 422 g/mol. The Balaban J connectivity index is 1.96. The molecule has 0 aromatic heterocycles. The van der Waals surface area contributed by atoms with E-state index >= 15 is 0 Å². The molecule has 0 bridgehead atoms. The molecule has 14 nitrogen and oxygen atoms in total. The zero-order chi connectivity index (χ0) is 20.5. The number of phosphoric acid groups is 1. The largest absolute Gasteiger partial charge is 0.469 e. The van der Waals surface area contributed by atoms with Crippen molar-refractivity contribution in [1.82, 2.24) is 0 Å². The topological polar surface area (TPSA) is 236 Å². The SMILES string of the molecule is O=P(O)(O)OC[C@H]1O[C@H](OC[C@H]2O[C@@H](O)[C@H](O)[C@@H](O)[C@@H]2O)[C@H](O)[C@@H](O)[C@@H]1O. The van der Waals surface area contributed by atoms with Crippen molar-refractivity contribution in [1.29, 1.82) is 0 Å². The van der Waals surface area contributed by atoms with Crippen LogP contribution in [0.3, 0.4) is 0 Å². The second kappa shape index (κ2) is 9.02. The van der Waals surface area contributed by atoms with Gasteiger partial charge in [0.1, 0.15) is 48.8 Å². The lowest BCUT2D eigenvalue weighted by atomic mass is 9.98. The Bertz CT molecular complexity index is 528. The van der Waals surface area contributed by atoms with Crippen LogP contribution in [0, 0.1) is 0 Å². The second-order valence-corrected chi connectivity index (χ2v) is 7.41. The van der Waals surface area contributed by atoms with E-state index in [9.17, 15) is 40.3 Å². The van der Waals surface area contributed by atoms with Gasteiger partial charge in [0.05, 0.1) is 13.2 Å². The summed E-state index contributed by atoms with van der Waals surface area (Å²) in [6, 6.07) is 0. The first kappa shape index (κ1) is 23.0. The maximum atomic E-state index is 10.7. The van der Waals surface area contributed by atoms with Crippen LogP contribution < -0.4 is 0 Å². The van der Waals surface area contributed by atoms with E-state index in [1.54, 1.807) is 0 Å². The van der Waals surface area contributed by atoms with E-state index in [4.69, 9.17) is 24.0 Å². The summed E-state index contributed by atoms with van der Waals surface area (Å²) in [6.07, 6.45) is -16.8. The van der Waals surface area contributed by atoms with Crippen LogP contribution in [-0.2, 0) is 23.3 Å². The highest BCUT2D eigenvalue weighted by Gasteiger charge is 2.47. The number of phosphoric ester groups is 1. The standard InChI is InChI=1S/C12H23O14P/c13-5-3(25-11(19)9(17)7(5)15)1-23-12-10(18)8(16)6(14)4(26-12)2-24-27(20,21)22/h3-19H,1-2H2,(H2,20,21,22)/t3-,4-,5-,6-,7+,8+,9-,10-,11-,12+/m1/s1. The summed E-state index contributed by atoms with van der Waals surface area (Å²) in [5.41, 5.74) is 0. The van der Waals surface area contributed by atoms with Gasteiger partial charge in [-0.05, 0) is 0 Å². The highest BCUT2D eigenvalue weighted by molar-refractivity contribution is 7.46. The molecule has 15 heteroatoms. The molecule has 2 aliphatic heterocycles. The molecule has 0 aromatic carbocycles. The summed E-state index contributed by atoms with van der Waals surface area (Å²) < 4.78 is 30.1. The molecule has 0 saturated carbocycles. The predicted molar refractivity (Wildman–Crippen MR) is 79.5 cm³/mol. The third-order valence-electron chi connectivity index (χ3n) is 4.19. The molecule has 10 atom stereocenters.